The first kappa shape index (κ1) is 8.73. The van der Waals surface area contributed by atoms with Gasteiger partial charge in [0.2, 0.25) is 0 Å². The van der Waals surface area contributed by atoms with Gasteiger partial charge in [-0.2, -0.15) is 11.3 Å². The monoisotopic (exact) mass is 184 g/mol. The molecule has 5 heteroatoms. The van der Waals surface area contributed by atoms with Gasteiger partial charge in [-0.25, -0.2) is 4.79 Å². The van der Waals surface area contributed by atoms with Crippen LogP contribution in [0.2, 0.25) is 0 Å². The van der Waals surface area contributed by atoms with E-state index in [9.17, 15) is 9.59 Å². The minimum atomic E-state index is -0.744. The van der Waals surface area contributed by atoms with E-state index < -0.39 is 6.03 Å². The minimum Gasteiger partial charge on any atom is -0.351 e. The van der Waals surface area contributed by atoms with Gasteiger partial charge in [-0.05, 0) is 11.4 Å². The fourth-order valence-electron chi connectivity index (χ4n) is 0.680. The Morgan fingerprint density at radius 1 is 1.58 bits per heavy atom. The van der Waals surface area contributed by atoms with Crippen LogP contribution in [0.3, 0.4) is 0 Å². The van der Waals surface area contributed by atoms with Gasteiger partial charge in [-0.3, -0.25) is 9.69 Å². The summed E-state index contributed by atoms with van der Waals surface area (Å²) in [5, 5.41) is 3.43. The molecule has 0 aliphatic rings. The normalized spacial score (nSPS) is 9.42. The van der Waals surface area contributed by atoms with E-state index in [4.69, 9.17) is 5.73 Å². The van der Waals surface area contributed by atoms with E-state index in [0.29, 0.717) is 5.56 Å². The van der Waals surface area contributed by atoms with Crippen LogP contribution in [0, 0.1) is 0 Å². The standard InChI is InChI=1S/C7H8N2O2S/c1-9(7(8)11)6(10)5-2-3-12-4-5/h2-4H,1H3,(H2,8,11). The average Bonchev–Trinajstić information content (AvgIpc) is 2.53. The fraction of sp³-hybridized carbons (Fsp3) is 0.143. The van der Waals surface area contributed by atoms with Crippen molar-refractivity contribution in [1.82, 2.24) is 4.90 Å². The molecule has 0 atom stereocenters. The Kier molecular flexibility index (Phi) is 2.44. The summed E-state index contributed by atoms with van der Waals surface area (Å²) in [6.07, 6.45) is 0. The lowest BCUT2D eigenvalue weighted by Crippen LogP contribution is -2.37. The SMILES string of the molecule is CN(C(N)=O)C(=O)c1ccsc1. The molecular formula is C7H8N2O2S. The summed E-state index contributed by atoms with van der Waals surface area (Å²) >= 11 is 1.40. The number of carbonyl (C=O) groups is 2. The molecular weight excluding hydrogens is 176 g/mol. The Balaban J connectivity index is 2.79. The van der Waals surface area contributed by atoms with Crippen LogP contribution in [-0.2, 0) is 0 Å². The number of hydrogen-bond donors (Lipinski definition) is 1. The van der Waals surface area contributed by atoms with Crippen molar-refractivity contribution in [1.29, 1.82) is 0 Å². The predicted molar refractivity (Wildman–Crippen MR) is 46.0 cm³/mol. The molecule has 0 spiro atoms. The number of primary amides is 1. The summed E-state index contributed by atoms with van der Waals surface area (Å²) in [5.41, 5.74) is 5.40. The predicted octanol–water partition coefficient (Wildman–Crippen LogP) is 0.899. The second-order valence-corrected chi connectivity index (χ2v) is 2.99. The van der Waals surface area contributed by atoms with Crippen LogP contribution in [-0.4, -0.2) is 23.9 Å². The van der Waals surface area contributed by atoms with Crippen LogP contribution < -0.4 is 5.73 Å². The van der Waals surface area contributed by atoms with Crippen molar-refractivity contribution in [2.24, 2.45) is 5.73 Å². The van der Waals surface area contributed by atoms with E-state index >= 15 is 0 Å². The molecule has 64 valence electrons. The van der Waals surface area contributed by atoms with Crippen LogP contribution in [0.4, 0.5) is 4.79 Å². The number of nitrogens with zero attached hydrogens (tertiary/aromatic N) is 1. The van der Waals surface area contributed by atoms with E-state index in [2.05, 4.69) is 0 Å². The number of hydrogen-bond acceptors (Lipinski definition) is 3. The van der Waals surface area contributed by atoms with E-state index in [1.54, 1.807) is 16.8 Å². The van der Waals surface area contributed by atoms with Gasteiger partial charge in [-0.1, -0.05) is 0 Å². The first-order chi connectivity index (χ1) is 5.63. The van der Waals surface area contributed by atoms with E-state index in [1.807, 2.05) is 0 Å². The summed E-state index contributed by atoms with van der Waals surface area (Å²) in [5.74, 6) is -0.372. The molecule has 1 heterocycles. The topological polar surface area (TPSA) is 63.4 Å². The molecule has 0 aromatic carbocycles. The zero-order chi connectivity index (χ0) is 9.14. The van der Waals surface area contributed by atoms with Gasteiger partial charge in [0.25, 0.3) is 5.91 Å². The molecule has 0 saturated carbocycles. The third-order valence-electron chi connectivity index (χ3n) is 1.40. The van der Waals surface area contributed by atoms with Gasteiger partial charge in [0.15, 0.2) is 0 Å². The molecule has 0 unspecified atom stereocenters. The van der Waals surface area contributed by atoms with E-state index in [-0.39, 0.29) is 5.91 Å². The molecule has 0 saturated heterocycles. The molecule has 3 amide bonds. The van der Waals surface area contributed by atoms with E-state index in [1.165, 1.54) is 18.4 Å². The number of amides is 3. The molecule has 4 nitrogen and oxygen atoms in total. The summed E-state index contributed by atoms with van der Waals surface area (Å²) in [7, 11) is 1.35. The number of nitrogens with two attached hydrogens (primary N) is 1. The minimum absolute atomic E-state index is 0.372. The number of rotatable bonds is 1. The molecule has 0 bridgehead atoms. The van der Waals surface area contributed by atoms with Crippen LogP contribution in [0.5, 0.6) is 0 Å². The van der Waals surface area contributed by atoms with Gasteiger partial charge in [-0.15, -0.1) is 0 Å². The lowest BCUT2D eigenvalue weighted by molar-refractivity contribution is 0.0838. The van der Waals surface area contributed by atoms with E-state index in [0.717, 1.165) is 4.90 Å². The second kappa shape index (κ2) is 3.36. The van der Waals surface area contributed by atoms with Crippen molar-refractivity contribution in [3.8, 4) is 0 Å². The highest BCUT2D eigenvalue weighted by atomic mass is 32.1. The summed E-state index contributed by atoms with van der Waals surface area (Å²) in [4.78, 5) is 22.7. The molecule has 1 rings (SSSR count). The lowest BCUT2D eigenvalue weighted by Gasteiger charge is -2.09. The number of urea groups is 1. The molecule has 0 aliphatic heterocycles. The van der Waals surface area contributed by atoms with Crippen molar-refractivity contribution in [2.75, 3.05) is 7.05 Å². The highest BCUT2D eigenvalue weighted by Crippen LogP contribution is 2.08. The van der Waals surface area contributed by atoms with Gasteiger partial charge < -0.3 is 5.73 Å². The maximum Gasteiger partial charge on any atom is 0.321 e. The van der Waals surface area contributed by atoms with Gasteiger partial charge in [0.1, 0.15) is 0 Å². The molecule has 1 aromatic heterocycles. The van der Waals surface area contributed by atoms with Crippen molar-refractivity contribution in [3.05, 3.63) is 22.4 Å². The second-order valence-electron chi connectivity index (χ2n) is 2.21. The highest BCUT2D eigenvalue weighted by Gasteiger charge is 2.15. The Hall–Kier alpha value is -1.36. The third-order valence-corrected chi connectivity index (χ3v) is 2.09. The Morgan fingerprint density at radius 2 is 2.25 bits per heavy atom. The molecule has 0 aliphatic carbocycles. The van der Waals surface area contributed by atoms with Crippen molar-refractivity contribution < 1.29 is 9.59 Å². The van der Waals surface area contributed by atoms with Gasteiger partial charge >= 0.3 is 6.03 Å². The van der Waals surface area contributed by atoms with Crippen LogP contribution >= 0.6 is 11.3 Å². The molecule has 1 aromatic rings. The average molecular weight is 184 g/mol. The summed E-state index contributed by atoms with van der Waals surface area (Å²) in [6.45, 7) is 0. The zero-order valence-corrected chi connectivity index (χ0v) is 7.30. The molecule has 0 fully saturated rings. The molecule has 2 N–H and O–H groups in total. The highest BCUT2D eigenvalue weighted by molar-refractivity contribution is 7.08. The quantitative estimate of drug-likeness (QED) is 0.704. The summed E-state index contributed by atoms with van der Waals surface area (Å²) < 4.78 is 0. The van der Waals surface area contributed by atoms with Crippen LogP contribution in [0.15, 0.2) is 16.8 Å². The Morgan fingerprint density at radius 3 is 2.67 bits per heavy atom. The van der Waals surface area contributed by atoms with Crippen molar-refractivity contribution in [3.63, 3.8) is 0 Å². The molecule has 12 heavy (non-hydrogen) atoms. The zero-order valence-electron chi connectivity index (χ0n) is 6.48. The molecule has 0 radical (unpaired) electrons. The van der Waals surface area contributed by atoms with Gasteiger partial charge in [0, 0.05) is 12.4 Å². The van der Waals surface area contributed by atoms with Crippen molar-refractivity contribution >= 4 is 23.3 Å². The maximum absolute atomic E-state index is 11.3. The van der Waals surface area contributed by atoms with Crippen LogP contribution in [0.25, 0.3) is 0 Å². The largest absolute Gasteiger partial charge is 0.351 e. The Labute approximate surface area is 73.6 Å². The third kappa shape index (κ3) is 1.62. The number of thiophene rings is 1. The van der Waals surface area contributed by atoms with Gasteiger partial charge in [0.05, 0.1) is 5.56 Å². The first-order valence-electron chi connectivity index (χ1n) is 3.22. The van der Waals surface area contributed by atoms with Crippen LogP contribution in [0.1, 0.15) is 10.4 Å². The maximum atomic E-state index is 11.3. The lowest BCUT2D eigenvalue weighted by atomic mass is 10.3. The fourth-order valence-corrected chi connectivity index (χ4v) is 1.31. The Bertz CT molecular complexity index is 294. The van der Waals surface area contributed by atoms with Crippen molar-refractivity contribution in [2.45, 2.75) is 0 Å². The first-order valence-corrected chi connectivity index (χ1v) is 4.17. The smallest absolute Gasteiger partial charge is 0.321 e. The summed E-state index contributed by atoms with van der Waals surface area (Å²) in [6, 6.07) is 0.901. The number of imide groups is 1. The number of carbonyl (C=O) groups excluding carboxylic acids is 2.